The Kier molecular flexibility index (Phi) is 6.72. The molecule has 0 radical (unpaired) electrons. The number of ether oxygens (including phenoxy) is 2. The van der Waals surface area contributed by atoms with Crippen LogP contribution in [0.1, 0.15) is 15.9 Å². The van der Waals surface area contributed by atoms with Crippen LogP contribution in [0.15, 0.2) is 65.6 Å². The van der Waals surface area contributed by atoms with Crippen LogP contribution in [0.4, 0.5) is 11.4 Å². The van der Waals surface area contributed by atoms with E-state index in [1.54, 1.807) is 49.4 Å². The van der Waals surface area contributed by atoms with E-state index in [0.29, 0.717) is 33.3 Å². The molecule has 3 aromatic carbocycles. The number of nitrogens with one attached hydrogen (secondary N) is 2. The minimum atomic E-state index is -3.91. The molecule has 0 aliphatic carbocycles. The number of anilines is 2. The quantitative estimate of drug-likeness (QED) is 0.532. The maximum Gasteiger partial charge on any atom is 0.262 e. The first kappa shape index (κ1) is 22.5. The second kappa shape index (κ2) is 9.28. The fourth-order valence-corrected chi connectivity index (χ4v) is 4.11. The third-order valence-electron chi connectivity index (χ3n) is 4.51. The molecule has 0 aliphatic heterocycles. The highest BCUT2D eigenvalue weighted by Gasteiger charge is 2.19. The van der Waals surface area contributed by atoms with Gasteiger partial charge in [0.25, 0.3) is 15.9 Å². The molecule has 162 valence electrons. The summed E-state index contributed by atoms with van der Waals surface area (Å²) in [6.45, 7) is 1.71. The topological polar surface area (TPSA) is 93.7 Å². The Hall–Kier alpha value is -3.23. The number of rotatable bonds is 7. The van der Waals surface area contributed by atoms with Gasteiger partial charge in [-0.2, -0.15) is 0 Å². The summed E-state index contributed by atoms with van der Waals surface area (Å²) >= 11 is 5.85. The molecule has 0 atom stereocenters. The predicted octanol–water partition coefficient (Wildman–Crippen LogP) is 4.72. The smallest absolute Gasteiger partial charge is 0.262 e. The van der Waals surface area contributed by atoms with Crippen molar-refractivity contribution in [2.75, 3.05) is 24.3 Å². The molecule has 0 spiro atoms. The number of hydrogen-bond donors (Lipinski definition) is 2. The van der Waals surface area contributed by atoms with E-state index in [2.05, 4.69) is 10.0 Å². The van der Waals surface area contributed by atoms with Gasteiger partial charge in [0, 0.05) is 22.3 Å². The minimum absolute atomic E-state index is 0.0411. The number of hydrogen-bond acceptors (Lipinski definition) is 5. The normalized spacial score (nSPS) is 11.0. The number of halogens is 1. The van der Waals surface area contributed by atoms with Crippen LogP contribution in [0.2, 0.25) is 5.02 Å². The second-order valence-electron chi connectivity index (χ2n) is 6.61. The molecule has 1 amide bonds. The molecule has 0 fully saturated rings. The molecule has 0 bridgehead atoms. The SMILES string of the molecule is COc1ccc(OC)c(NS(=O)(=O)c2ccc(NC(=O)c3ccc(Cl)cc3)c(C)c2)c1. The molecular weight excluding hydrogens is 440 g/mol. The molecule has 0 aliphatic rings. The molecule has 31 heavy (non-hydrogen) atoms. The highest BCUT2D eigenvalue weighted by molar-refractivity contribution is 7.92. The van der Waals surface area contributed by atoms with Gasteiger partial charge in [-0.05, 0) is 67.1 Å². The van der Waals surface area contributed by atoms with Gasteiger partial charge >= 0.3 is 0 Å². The van der Waals surface area contributed by atoms with Crippen LogP contribution >= 0.6 is 11.6 Å². The molecule has 0 aromatic heterocycles. The third kappa shape index (κ3) is 5.28. The number of sulfonamides is 1. The van der Waals surface area contributed by atoms with E-state index < -0.39 is 10.0 Å². The summed E-state index contributed by atoms with van der Waals surface area (Å²) in [5.41, 5.74) is 1.77. The van der Waals surface area contributed by atoms with Crippen LogP contribution in [0.3, 0.4) is 0 Å². The average Bonchev–Trinajstić information content (AvgIpc) is 2.75. The van der Waals surface area contributed by atoms with Gasteiger partial charge in [0.1, 0.15) is 11.5 Å². The highest BCUT2D eigenvalue weighted by atomic mass is 35.5. The van der Waals surface area contributed by atoms with E-state index in [-0.39, 0.29) is 16.5 Å². The molecule has 9 heteroatoms. The number of aryl methyl sites for hydroxylation is 1. The van der Waals surface area contributed by atoms with Gasteiger partial charge < -0.3 is 14.8 Å². The Balaban J connectivity index is 1.83. The maximum atomic E-state index is 12.9. The molecule has 3 rings (SSSR count). The summed E-state index contributed by atoms with van der Waals surface area (Å²) in [5.74, 6) is 0.512. The van der Waals surface area contributed by atoms with Crippen molar-refractivity contribution < 1.29 is 22.7 Å². The highest BCUT2D eigenvalue weighted by Crippen LogP contribution is 2.31. The zero-order valence-electron chi connectivity index (χ0n) is 17.1. The van der Waals surface area contributed by atoms with Crippen LogP contribution in [0.5, 0.6) is 11.5 Å². The van der Waals surface area contributed by atoms with Crippen molar-refractivity contribution in [1.82, 2.24) is 0 Å². The van der Waals surface area contributed by atoms with E-state index >= 15 is 0 Å². The van der Waals surface area contributed by atoms with Gasteiger partial charge in [-0.1, -0.05) is 11.6 Å². The van der Waals surface area contributed by atoms with Crippen LogP contribution in [-0.2, 0) is 10.0 Å². The van der Waals surface area contributed by atoms with Gasteiger partial charge in [-0.25, -0.2) is 8.42 Å². The number of carbonyl (C=O) groups excluding carboxylic acids is 1. The Morgan fingerprint density at radius 1 is 0.903 bits per heavy atom. The lowest BCUT2D eigenvalue weighted by Crippen LogP contribution is -2.15. The standard InChI is InChI=1S/C22H21ClN2O5S/c1-14-12-18(9-10-19(14)24-22(26)15-4-6-16(23)7-5-15)31(27,28)25-20-13-17(29-2)8-11-21(20)30-3/h4-13,25H,1-3H3,(H,24,26). The summed E-state index contributed by atoms with van der Waals surface area (Å²) in [4.78, 5) is 12.5. The predicted molar refractivity (Wildman–Crippen MR) is 121 cm³/mol. The largest absolute Gasteiger partial charge is 0.497 e. The lowest BCUT2D eigenvalue weighted by atomic mass is 10.1. The van der Waals surface area contributed by atoms with Crippen molar-refractivity contribution in [3.8, 4) is 11.5 Å². The van der Waals surface area contributed by atoms with Gasteiger partial charge in [0.2, 0.25) is 0 Å². The molecule has 2 N–H and O–H groups in total. The summed E-state index contributed by atoms with van der Waals surface area (Å²) in [7, 11) is -0.976. The van der Waals surface area contributed by atoms with E-state index in [4.69, 9.17) is 21.1 Å². The molecule has 0 unspecified atom stereocenters. The zero-order valence-corrected chi connectivity index (χ0v) is 18.7. The monoisotopic (exact) mass is 460 g/mol. The fraction of sp³-hybridized carbons (Fsp3) is 0.136. The van der Waals surface area contributed by atoms with E-state index in [9.17, 15) is 13.2 Å². The summed E-state index contributed by atoms with van der Waals surface area (Å²) < 4.78 is 38.7. The van der Waals surface area contributed by atoms with Crippen molar-refractivity contribution >= 4 is 38.9 Å². The first-order chi connectivity index (χ1) is 14.7. The first-order valence-corrected chi connectivity index (χ1v) is 11.0. The summed E-state index contributed by atoms with van der Waals surface area (Å²) in [6.07, 6.45) is 0. The molecule has 7 nitrogen and oxygen atoms in total. The van der Waals surface area contributed by atoms with Crippen molar-refractivity contribution in [1.29, 1.82) is 0 Å². The average molecular weight is 461 g/mol. The van der Waals surface area contributed by atoms with Crippen LogP contribution in [-0.4, -0.2) is 28.5 Å². The summed E-state index contributed by atoms with van der Waals surface area (Å²) in [5, 5.41) is 3.30. The second-order valence-corrected chi connectivity index (χ2v) is 8.73. The number of carbonyl (C=O) groups is 1. The number of amides is 1. The summed E-state index contributed by atoms with van der Waals surface area (Å²) in [6, 6.07) is 15.7. The van der Waals surface area contributed by atoms with Crippen LogP contribution < -0.4 is 19.5 Å². The van der Waals surface area contributed by atoms with Crippen LogP contribution in [0.25, 0.3) is 0 Å². The minimum Gasteiger partial charge on any atom is -0.497 e. The third-order valence-corrected chi connectivity index (χ3v) is 6.13. The van der Waals surface area contributed by atoms with Crippen molar-refractivity contribution in [2.45, 2.75) is 11.8 Å². The molecule has 3 aromatic rings. The van der Waals surface area contributed by atoms with Gasteiger partial charge in [-0.15, -0.1) is 0 Å². The Labute approximate surface area is 186 Å². The molecule has 0 heterocycles. The van der Waals surface area contributed by atoms with Crippen molar-refractivity contribution in [3.05, 3.63) is 76.8 Å². The Morgan fingerprint density at radius 2 is 1.61 bits per heavy atom. The van der Waals surface area contributed by atoms with Gasteiger partial charge in [0.15, 0.2) is 0 Å². The maximum absolute atomic E-state index is 12.9. The van der Waals surface area contributed by atoms with Crippen molar-refractivity contribution in [2.24, 2.45) is 0 Å². The van der Waals surface area contributed by atoms with Crippen molar-refractivity contribution in [3.63, 3.8) is 0 Å². The molecule has 0 saturated heterocycles. The number of benzene rings is 3. The van der Waals surface area contributed by atoms with Gasteiger partial charge in [-0.3, -0.25) is 9.52 Å². The lowest BCUT2D eigenvalue weighted by Gasteiger charge is -2.14. The zero-order chi connectivity index (χ0) is 22.6. The lowest BCUT2D eigenvalue weighted by molar-refractivity contribution is 0.102. The molecule has 0 saturated carbocycles. The van der Waals surface area contributed by atoms with E-state index in [1.807, 2.05) is 0 Å². The first-order valence-electron chi connectivity index (χ1n) is 9.16. The Morgan fingerprint density at radius 3 is 2.23 bits per heavy atom. The molecular formula is C22H21ClN2O5S. The fourth-order valence-electron chi connectivity index (χ4n) is 2.84. The van der Waals surface area contributed by atoms with E-state index in [0.717, 1.165) is 0 Å². The van der Waals surface area contributed by atoms with Gasteiger partial charge in [0.05, 0.1) is 24.8 Å². The van der Waals surface area contributed by atoms with E-state index in [1.165, 1.54) is 32.4 Å². The Bertz CT molecular complexity index is 1210. The number of methoxy groups -OCH3 is 2. The van der Waals surface area contributed by atoms with Crippen LogP contribution in [0, 0.1) is 6.92 Å².